The molecule has 0 saturated carbocycles. The lowest BCUT2D eigenvalue weighted by atomic mass is 9.91. The van der Waals surface area contributed by atoms with Gasteiger partial charge in [-0.3, -0.25) is 4.79 Å². The molecule has 15 heavy (non-hydrogen) atoms. The molecule has 0 aromatic carbocycles. The van der Waals surface area contributed by atoms with Crippen LogP contribution in [-0.4, -0.2) is 5.78 Å². The fraction of sp³-hybridized carbons (Fsp3) is 0.357. The van der Waals surface area contributed by atoms with Crippen LogP contribution in [0, 0.1) is 5.92 Å². The summed E-state index contributed by atoms with van der Waals surface area (Å²) in [6.07, 6.45) is 13.2. The van der Waals surface area contributed by atoms with E-state index in [1.54, 1.807) is 6.92 Å². The highest BCUT2D eigenvalue weighted by molar-refractivity contribution is 5.80. The molecule has 0 N–H and O–H groups in total. The zero-order chi connectivity index (χ0) is 11.3. The Balaban J connectivity index is 2.70. The van der Waals surface area contributed by atoms with Crippen LogP contribution in [0.4, 0.5) is 0 Å². The van der Waals surface area contributed by atoms with Gasteiger partial charge in [0, 0.05) is 5.92 Å². The second-order valence-electron chi connectivity index (χ2n) is 3.85. The molecule has 0 saturated heterocycles. The third-order valence-electron chi connectivity index (χ3n) is 2.62. The lowest BCUT2D eigenvalue weighted by Crippen LogP contribution is -2.09. The number of ketones is 1. The average molecular weight is 202 g/mol. The summed E-state index contributed by atoms with van der Waals surface area (Å²) in [4.78, 5) is 11.1. The van der Waals surface area contributed by atoms with Crippen molar-refractivity contribution in [2.24, 2.45) is 5.92 Å². The van der Waals surface area contributed by atoms with Gasteiger partial charge in [0.25, 0.3) is 0 Å². The van der Waals surface area contributed by atoms with Gasteiger partial charge in [-0.25, -0.2) is 0 Å². The highest BCUT2D eigenvalue weighted by Crippen LogP contribution is 2.21. The first kappa shape index (κ1) is 11.7. The fourth-order valence-corrected chi connectivity index (χ4v) is 1.55. The van der Waals surface area contributed by atoms with Crippen LogP contribution in [0.5, 0.6) is 0 Å². The van der Waals surface area contributed by atoms with Crippen LogP contribution in [0.25, 0.3) is 0 Å². The molecule has 1 heteroatoms. The molecule has 0 fully saturated rings. The number of carbonyl (C=O) groups is 1. The third-order valence-corrected chi connectivity index (χ3v) is 2.62. The molecule has 1 aliphatic carbocycles. The molecule has 0 heterocycles. The highest BCUT2D eigenvalue weighted by atomic mass is 16.1. The zero-order valence-electron chi connectivity index (χ0n) is 9.66. The SMILES string of the molecule is C/C=C\C=C(/C)C1=CCC(C(C)=O)C=C1. The van der Waals surface area contributed by atoms with Gasteiger partial charge in [-0.15, -0.1) is 0 Å². The van der Waals surface area contributed by atoms with Gasteiger partial charge < -0.3 is 0 Å². The molecule has 0 spiro atoms. The predicted molar refractivity (Wildman–Crippen MR) is 64.6 cm³/mol. The van der Waals surface area contributed by atoms with Crippen LogP contribution in [0.2, 0.25) is 0 Å². The van der Waals surface area contributed by atoms with Crippen molar-refractivity contribution in [3.8, 4) is 0 Å². The summed E-state index contributed by atoms with van der Waals surface area (Å²) >= 11 is 0. The van der Waals surface area contributed by atoms with Crippen molar-refractivity contribution in [2.45, 2.75) is 27.2 Å². The minimum absolute atomic E-state index is 0.0864. The van der Waals surface area contributed by atoms with Crippen LogP contribution < -0.4 is 0 Å². The van der Waals surface area contributed by atoms with E-state index in [0.717, 1.165) is 6.42 Å². The van der Waals surface area contributed by atoms with Crippen molar-refractivity contribution < 1.29 is 4.79 Å². The van der Waals surface area contributed by atoms with Crippen LogP contribution >= 0.6 is 0 Å². The first-order valence-electron chi connectivity index (χ1n) is 5.34. The summed E-state index contributed by atoms with van der Waals surface area (Å²) < 4.78 is 0. The number of Topliss-reactive ketones (excluding diaryl/α,β-unsaturated/α-hetero) is 1. The van der Waals surface area contributed by atoms with E-state index in [1.165, 1.54) is 11.1 Å². The Kier molecular flexibility index (Phi) is 4.29. The maximum Gasteiger partial charge on any atom is 0.136 e. The number of rotatable bonds is 3. The van der Waals surface area contributed by atoms with E-state index in [1.807, 2.05) is 31.2 Å². The molecule has 1 nitrogen and oxygen atoms in total. The topological polar surface area (TPSA) is 17.1 Å². The first-order valence-corrected chi connectivity index (χ1v) is 5.34. The molecular weight excluding hydrogens is 184 g/mol. The molecule has 0 radical (unpaired) electrons. The van der Waals surface area contributed by atoms with Crippen LogP contribution in [0.1, 0.15) is 27.2 Å². The lowest BCUT2D eigenvalue weighted by Gasteiger charge is -2.13. The minimum atomic E-state index is 0.0864. The number of allylic oxidation sites excluding steroid dienone is 8. The van der Waals surface area contributed by atoms with Gasteiger partial charge in [-0.05, 0) is 38.3 Å². The quantitative estimate of drug-likeness (QED) is 0.639. The Morgan fingerprint density at radius 3 is 2.67 bits per heavy atom. The molecule has 0 aliphatic heterocycles. The van der Waals surface area contributed by atoms with Gasteiger partial charge in [-0.1, -0.05) is 36.5 Å². The number of carbonyl (C=O) groups excluding carboxylic acids is 1. The molecular formula is C14H18O. The van der Waals surface area contributed by atoms with Crippen molar-refractivity contribution in [1.82, 2.24) is 0 Å². The molecule has 0 aromatic rings. The van der Waals surface area contributed by atoms with Gasteiger partial charge in [0.05, 0.1) is 0 Å². The van der Waals surface area contributed by atoms with Gasteiger partial charge in [0.1, 0.15) is 5.78 Å². The summed E-state index contributed by atoms with van der Waals surface area (Å²) in [6.45, 7) is 5.74. The largest absolute Gasteiger partial charge is 0.299 e. The summed E-state index contributed by atoms with van der Waals surface area (Å²) in [7, 11) is 0. The standard InChI is InChI=1S/C14H18O/c1-4-5-6-11(2)13-7-9-14(10-8-13)12(3)15/h4-9,14H,10H2,1-3H3/b5-4-,11-6+. The average Bonchev–Trinajstić information content (AvgIpc) is 2.26. The van der Waals surface area contributed by atoms with E-state index >= 15 is 0 Å². The van der Waals surface area contributed by atoms with Crippen molar-refractivity contribution >= 4 is 5.78 Å². The first-order chi connectivity index (χ1) is 7.15. The fourth-order valence-electron chi connectivity index (χ4n) is 1.55. The van der Waals surface area contributed by atoms with Crippen LogP contribution in [0.3, 0.4) is 0 Å². The van der Waals surface area contributed by atoms with Crippen molar-refractivity contribution in [3.63, 3.8) is 0 Å². The Morgan fingerprint density at radius 2 is 2.20 bits per heavy atom. The van der Waals surface area contributed by atoms with Crippen LogP contribution in [-0.2, 0) is 4.79 Å². The zero-order valence-corrected chi connectivity index (χ0v) is 9.66. The maximum absolute atomic E-state index is 11.1. The second kappa shape index (κ2) is 5.50. The highest BCUT2D eigenvalue weighted by Gasteiger charge is 2.12. The van der Waals surface area contributed by atoms with Crippen molar-refractivity contribution in [1.29, 1.82) is 0 Å². The van der Waals surface area contributed by atoms with Crippen molar-refractivity contribution in [3.05, 3.63) is 47.6 Å². The van der Waals surface area contributed by atoms with E-state index in [9.17, 15) is 4.79 Å². The molecule has 1 atom stereocenters. The lowest BCUT2D eigenvalue weighted by molar-refractivity contribution is -0.119. The van der Waals surface area contributed by atoms with Crippen molar-refractivity contribution in [2.75, 3.05) is 0 Å². The smallest absolute Gasteiger partial charge is 0.136 e. The van der Waals surface area contributed by atoms with Crippen LogP contribution in [0.15, 0.2) is 47.6 Å². The monoisotopic (exact) mass is 202 g/mol. The summed E-state index contributed by atoms with van der Waals surface area (Å²) in [5, 5.41) is 0. The minimum Gasteiger partial charge on any atom is -0.299 e. The van der Waals surface area contributed by atoms with E-state index in [4.69, 9.17) is 0 Å². The van der Waals surface area contributed by atoms with E-state index in [0.29, 0.717) is 0 Å². The molecule has 0 bridgehead atoms. The summed E-state index contributed by atoms with van der Waals surface area (Å²) in [5.74, 6) is 0.333. The Hall–Kier alpha value is -1.37. The molecule has 0 amide bonds. The predicted octanol–water partition coefficient (Wildman–Crippen LogP) is 3.60. The Labute approximate surface area is 91.9 Å². The van der Waals surface area contributed by atoms with Gasteiger partial charge in [0.15, 0.2) is 0 Å². The Morgan fingerprint density at radius 1 is 1.47 bits per heavy atom. The molecule has 0 aromatic heterocycles. The van der Waals surface area contributed by atoms with E-state index in [-0.39, 0.29) is 11.7 Å². The maximum atomic E-state index is 11.1. The van der Waals surface area contributed by atoms with Gasteiger partial charge in [0.2, 0.25) is 0 Å². The summed E-state index contributed by atoms with van der Waals surface area (Å²) in [5.41, 5.74) is 2.47. The number of hydrogen-bond acceptors (Lipinski definition) is 1. The third kappa shape index (κ3) is 3.35. The molecule has 1 unspecified atom stereocenters. The molecule has 1 aliphatic rings. The second-order valence-corrected chi connectivity index (χ2v) is 3.85. The van der Waals surface area contributed by atoms with Gasteiger partial charge >= 0.3 is 0 Å². The molecule has 1 rings (SSSR count). The number of hydrogen-bond donors (Lipinski definition) is 0. The van der Waals surface area contributed by atoms with E-state index in [2.05, 4.69) is 19.1 Å². The van der Waals surface area contributed by atoms with E-state index < -0.39 is 0 Å². The summed E-state index contributed by atoms with van der Waals surface area (Å²) in [6, 6.07) is 0. The normalized spacial score (nSPS) is 21.9. The molecule has 80 valence electrons. The Bertz CT molecular complexity index is 354. The van der Waals surface area contributed by atoms with Gasteiger partial charge in [-0.2, -0.15) is 0 Å².